The number of benzene rings is 1. The van der Waals surface area contributed by atoms with E-state index in [0.29, 0.717) is 0 Å². The van der Waals surface area contributed by atoms with E-state index >= 15 is 0 Å². The van der Waals surface area contributed by atoms with Crippen LogP contribution in [-0.2, 0) is 20.4 Å². The van der Waals surface area contributed by atoms with Crippen molar-refractivity contribution in [1.82, 2.24) is 0 Å². The Hall–Kier alpha value is 0.241. The van der Waals surface area contributed by atoms with Gasteiger partial charge < -0.3 is 37.2 Å². The van der Waals surface area contributed by atoms with Gasteiger partial charge in [-0.05, 0) is 0 Å². The van der Waals surface area contributed by atoms with Crippen LogP contribution in [0.2, 0.25) is 23.4 Å². The summed E-state index contributed by atoms with van der Waals surface area (Å²) < 4.78 is -0.0169. The van der Waals surface area contributed by atoms with Crippen LogP contribution in [0, 0.1) is 0 Å². The number of hydrogen-bond donors (Lipinski definition) is 0. The van der Waals surface area contributed by atoms with Crippen LogP contribution >= 0.6 is 0 Å². The van der Waals surface area contributed by atoms with Gasteiger partial charge in [-0.15, -0.1) is 0 Å². The maximum atomic E-state index is 4.31. The van der Waals surface area contributed by atoms with E-state index in [1.165, 1.54) is 16.3 Å². The molecule has 0 N–H and O–H groups in total. The van der Waals surface area contributed by atoms with Gasteiger partial charge in [0.05, 0.1) is 0 Å². The van der Waals surface area contributed by atoms with Crippen molar-refractivity contribution >= 4 is 13.6 Å². The van der Waals surface area contributed by atoms with Crippen LogP contribution in [0.25, 0.3) is 5.57 Å². The molecule has 1 aromatic rings. The van der Waals surface area contributed by atoms with E-state index in [0.717, 1.165) is 0 Å². The van der Waals surface area contributed by atoms with Gasteiger partial charge >= 0.3 is 123 Å². The van der Waals surface area contributed by atoms with Crippen LogP contribution in [-0.4, -0.2) is 8.07 Å². The van der Waals surface area contributed by atoms with E-state index < -0.39 is 8.07 Å². The summed E-state index contributed by atoms with van der Waals surface area (Å²) in [6, 6.07) is 10.5. The van der Waals surface area contributed by atoms with Gasteiger partial charge in [-0.3, -0.25) is 0 Å². The SMILES string of the molecule is C=C(c1ccccc1)[C]1([Ti+3])C=CC([Si](C)(C)C)=C1.[Cl-].[Cl-].[Cl-]. The average Bonchev–Trinajstić information content (AvgIpc) is 2.73. The van der Waals surface area contributed by atoms with E-state index in [4.69, 9.17) is 0 Å². The minimum Gasteiger partial charge on any atom is -1.00 e. The second kappa shape index (κ2) is 8.76. The van der Waals surface area contributed by atoms with Gasteiger partial charge in [0.15, 0.2) is 0 Å². The molecule has 0 saturated heterocycles. The topological polar surface area (TPSA) is 0 Å². The van der Waals surface area contributed by atoms with E-state index in [9.17, 15) is 0 Å². The van der Waals surface area contributed by atoms with Gasteiger partial charge in [0, 0.05) is 0 Å². The Morgan fingerprint density at radius 1 is 1.05 bits per heavy atom. The van der Waals surface area contributed by atoms with Crippen molar-refractivity contribution in [3.8, 4) is 0 Å². The van der Waals surface area contributed by atoms with Gasteiger partial charge in [-0.25, -0.2) is 0 Å². The predicted molar refractivity (Wildman–Crippen MR) is 78.7 cm³/mol. The van der Waals surface area contributed by atoms with Gasteiger partial charge in [0.1, 0.15) is 0 Å². The molecule has 0 bridgehead atoms. The fraction of sp³-hybridized carbons (Fsp3) is 0.250. The molecule has 0 fully saturated rings. The molecule has 112 valence electrons. The average molecular weight is 394 g/mol. The molecule has 0 amide bonds. The zero-order valence-corrected chi connectivity index (χ0v) is 17.3. The Bertz CT molecular complexity index is 532. The molecule has 21 heavy (non-hydrogen) atoms. The molecular formula is C16H19Cl3SiTi. The van der Waals surface area contributed by atoms with Gasteiger partial charge in [0.2, 0.25) is 0 Å². The van der Waals surface area contributed by atoms with Gasteiger partial charge in [-0.1, -0.05) is 0 Å². The summed E-state index contributed by atoms with van der Waals surface area (Å²) in [7, 11) is -1.23. The van der Waals surface area contributed by atoms with Crippen LogP contribution in [0.1, 0.15) is 5.56 Å². The molecule has 0 spiro atoms. The molecule has 0 heterocycles. The first-order chi connectivity index (χ1) is 8.33. The van der Waals surface area contributed by atoms with Crippen molar-refractivity contribution in [2.45, 2.75) is 23.4 Å². The normalized spacial score (nSPS) is 19.8. The molecule has 1 atom stereocenters. The standard InChI is InChI=1S/C16H19Si.3ClH.Ti/c1-13(14-8-6-5-7-9-14)15-10-11-16(12-15)17(2,3)4;;;;/h5-12H,1H2,2-4H3;3*1H;/q;;;;+3/p-3. The maximum Gasteiger partial charge on any atom is -1.00 e. The van der Waals surface area contributed by atoms with E-state index in [1.54, 1.807) is 0 Å². The Morgan fingerprint density at radius 2 is 1.57 bits per heavy atom. The molecule has 0 radical (unpaired) electrons. The van der Waals surface area contributed by atoms with E-state index in [1.807, 2.05) is 6.07 Å². The Kier molecular flexibility index (Phi) is 9.81. The largest absolute Gasteiger partial charge is 1.00 e. The summed E-state index contributed by atoms with van der Waals surface area (Å²) in [6.07, 6.45) is 7.02. The fourth-order valence-electron chi connectivity index (χ4n) is 2.10. The van der Waals surface area contributed by atoms with Crippen LogP contribution in [0.5, 0.6) is 0 Å². The smallest absolute Gasteiger partial charge is 1.00 e. The Morgan fingerprint density at radius 3 is 2.00 bits per heavy atom. The van der Waals surface area contributed by atoms with Crippen LogP contribution in [0.4, 0.5) is 0 Å². The van der Waals surface area contributed by atoms with Gasteiger partial charge in [0.25, 0.3) is 0 Å². The van der Waals surface area contributed by atoms with Crippen molar-refractivity contribution in [3.05, 3.63) is 65.9 Å². The number of hydrogen-bond acceptors (Lipinski definition) is 0. The van der Waals surface area contributed by atoms with Gasteiger partial charge in [-0.2, -0.15) is 0 Å². The fourth-order valence-corrected chi connectivity index (χ4v) is 4.16. The molecule has 0 saturated carbocycles. The number of rotatable bonds is 3. The molecule has 0 aliphatic heterocycles. The monoisotopic (exact) mass is 392 g/mol. The predicted octanol–water partition coefficient (Wildman–Crippen LogP) is -4.21. The Balaban J connectivity index is 0. The molecule has 2 rings (SSSR count). The maximum absolute atomic E-state index is 4.31. The van der Waals surface area contributed by atoms with Crippen molar-refractivity contribution in [2.75, 3.05) is 0 Å². The summed E-state index contributed by atoms with van der Waals surface area (Å²) in [5, 5.41) is 1.53. The zero-order chi connectivity index (χ0) is 13.4. The number of allylic oxidation sites excluding steroid dienone is 5. The molecule has 1 unspecified atom stereocenters. The molecule has 1 aliphatic carbocycles. The van der Waals surface area contributed by atoms with Crippen molar-refractivity contribution in [2.24, 2.45) is 0 Å². The minimum absolute atomic E-state index is 0. The molecular weight excluding hydrogens is 374 g/mol. The third kappa shape index (κ3) is 5.42. The summed E-state index contributed by atoms with van der Waals surface area (Å²) in [5.41, 5.74) is 2.42. The van der Waals surface area contributed by atoms with Crippen molar-refractivity contribution in [1.29, 1.82) is 0 Å². The second-order valence-corrected chi connectivity index (χ2v) is 12.3. The quantitative estimate of drug-likeness (QED) is 0.457. The molecule has 1 aromatic carbocycles. The van der Waals surface area contributed by atoms with E-state index in [2.05, 4.69) is 89.1 Å². The molecule has 0 nitrogen and oxygen atoms in total. The van der Waals surface area contributed by atoms with Crippen LogP contribution in [0.15, 0.2) is 60.3 Å². The third-order valence-electron chi connectivity index (χ3n) is 3.40. The first kappa shape index (κ1) is 23.5. The second-order valence-electron chi connectivity index (χ2n) is 5.90. The molecule has 5 heteroatoms. The number of halogens is 3. The van der Waals surface area contributed by atoms with Crippen molar-refractivity contribution < 1.29 is 57.7 Å². The van der Waals surface area contributed by atoms with E-state index in [-0.39, 0.29) is 40.9 Å². The molecule has 1 aliphatic rings. The van der Waals surface area contributed by atoms with Crippen LogP contribution in [0.3, 0.4) is 0 Å². The summed E-state index contributed by atoms with van der Waals surface area (Å²) >= 11 is 2.26. The van der Waals surface area contributed by atoms with Crippen LogP contribution < -0.4 is 37.2 Å². The summed E-state index contributed by atoms with van der Waals surface area (Å²) in [4.78, 5) is 0. The summed E-state index contributed by atoms with van der Waals surface area (Å²) in [6.45, 7) is 11.5. The van der Waals surface area contributed by atoms with Crippen molar-refractivity contribution in [3.63, 3.8) is 0 Å². The third-order valence-corrected chi connectivity index (χ3v) is 6.40. The first-order valence-corrected chi connectivity index (χ1v) is 10.5. The minimum atomic E-state index is -1.23. The summed E-state index contributed by atoms with van der Waals surface area (Å²) in [5.74, 6) is 0. The molecule has 0 aromatic heterocycles. The first-order valence-electron chi connectivity index (χ1n) is 6.25. The zero-order valence-electron chi connectivity index (χ0n) is 12.5. The Labute approximate surface area is 159 Å².